The van der Waals surface area contributed by atoms with Crippen LogP contribution in [0.4, 0.5) is 0 Å². The van der Waals surface area contributed by atoms with Crippen molar-refractivity contribution in [2.75, 3.05) is 6.54 Å². The summed E-state index contributed by atoms with van der Waals surface area (Å²) in [6.07, 6.45) is 1.30. The van der Waals surface area contributed by atoms with Gasteiger partial charge in [0.1, 0.15) is 0 Å². The van der Waals surface area contributed by atoms with Gasteiger partial charge < -0.3 is 10.4 Å². The van der Waals surface area contributed by atoms with Gasteiger partial charge in [0.2, 0.25) is 0 Å². The van der Waals surface area contributed by atoms with Crippen LogP contribution in [-0.4, -0.2) is 33.7 Å². The first-order valence-electron chi connectivity index (χ1n) is 6.57. The first-order chi connectivity index (χ1) is 9.63. The smallest absolute Gasteiger partial charge is 0.308 e. The summed E-state index contributed by atoms with van der Waals surface area (Å²) in [7, 11) is 0. The highest BCUT2D eigenvalue weighted by Crippen LogP contribution is 2.15. The highest BCUT2D eigenvalue weighted by atomic mass is 16.4. The number of aliphatic carboxylic acids is 1. The minimum absolute atomic E-state index is 0.114. The molecule has 3 N–H and O–H groups in total. The lowest BCUT2D eigenvalue weighted by molar-refractivity contribution is -0.141. The zero-order chi connectivity index (χ0) is 14.5. The largest absolute Gasteiger partial charge is 0.481 e. The van der Waals surface area contributed by atoms with Gasteiger partial charge in [-0.15, -0.1) is 0 Å². The molecule has 0 spiro atoms. The van der Waals surface area contributed by atoms with E-state index in [9.17, 15) is 9.59 Å². The van der Waals surface area contributed by atoms with Crippen LogP contribution in [0.1, 0.15) is 30.3 Å². The van der Waals surface area contributed by atoms with E-state index in [4.69, 9.17) is 5.11 Å². The molecule has 1 heterocycles. The summed E-state index contributed by atoms with van der Waals surface area (Å²) in [5.41, 5.74) is 1.07. The molecule has 1 amide bonds. The molecule has 20 heavy (non-hydrogen) atoms. The van der Waals surface area contributed by atoms with Crippen molar-refractivity contribution in [1.82, 2.24) is 15.5 Å². The molecule has 1 aromatic heterocycles. The van der Waals surface area contributed by atoms with E-state index in [-0.39, 0.29) is 12.5 Å². The molecule has 0 bridgehead atoms. The summed E-state index contributed by atoms with van der Waals surface area (Å²) in [6.45, 7) is 2.03. The number of rotatable bonds is 6. The Balaban J connectivity index is 2.06. The van der Waals surface area contributed by atoms with Crippen LogP contribution < -0.4 is 5.32 Å². The number of carboxylic acids is 1. The average molecular weight is 275 g/mol. The van der Waals surface area contributed by atoms with Crippen molar-refractivity contribution in [3.8, 4) is 0 Å². The molecule has 106 valence electrons. The van der Waals surface area contributed by atoms with Gasteiger partial charge in [-0.25, -0.2) is 0 Å². The van der Waals surface area contributed by atoms with Gasteiger partial charge in [0.25, 0.3) is 5.91 Å². The molecule has 0 saturated carbocycles. The Kier molecular flexibility index (Phi) is 4.34. The van der Waals surface area contributed by atoms with Gasteiger partial charge in [0.05, 0.1) is 11.4 Å². The quantitative estimate of drug-likeness (QED) is 0.749. The van der Waals surface area contributed by atoms with Crippen LogP contribution in [0.15, 0.2) is 24.3 Å². The minimum atomic E-state index is -0.890. The molecule has 0 aliphatic rings. The lowest BCUT2D eigenvalue weighted by Crippen LogP contribution is -2.33. The number of carbonyl (C=O) groups is 2. The number of aromatic amines is 1. The molecule has 1 aromatic carbocycles. The van der Waals surface area contributed by atoms with E-state index in [2.05, 4.69) is 15.5 Å². The van der Waals surface area contributed by atoms with Crippen molar-refractivity contribution in [2.45, 2.75) is 19.8 Å². The van der Waals surface area contributed by atoms with Gasteiger partial charge in [0.15, 0.2) is 5.69 Å². The standard InChI is InChI=1S/C14H17N3O3/c1-2-5-9(14(19)20)8-15-13(18)12-10-6-3-4-7-11(10)16-17-12/h3-4,6-7,9H,2,5,8H2,1H3,(H,15,18)(H,16,17)(H,19,20). The molecular formula is C14H17N3O3. The second-order valence-electron chi connectivity index (χ2n) is 4.65. The number of nitrogens with one attached hydrogen (secondary N) is 2. The predicted octanol–water partition coefficient (Wildman–Crippen LogP) is 1.79. The molecular weight excluding hydrogens is 258 g/mol. The third-order valence-corrected chi connectivity index (χ3v) is 3.18. The zero-order valence-corrected chi connectivity index (χ0v) is 11.2. The molecule has 0 saturated heterocycles. The summed E-state index contributed by atoms with van der Waals surface area (Å²) < 4.78 is 0. The Morgan fingerprint density at radius 1 is 1.40 bits per heavy atom. The van der Waals surface area contributed by atoms with Crippen molar-refractivity contribution in [2.24, 2.45) is 5.92 Å². The summed E-state index contributed by atoms with van der Waals surface area (Å²) in [5, 5.41) is 19.2. The summed E-state index contributed by atoms with van der Waals surface area (Å²) >= 11 is 0. The number of benzene rings is 1. The van der Waals surface area contributed by atoms with E-state index in [0.717, 1.165) is 17.3 Å². The van der Waals surface area contributed by atoms with Crippen molar-refractivity contribution in [3.05, 3.63) is 30.0 Å². The topological polar surface area (TPSA) is 95.1 Å². The summed E-state index contributed by atoms with van der Waals surface area (Å²) in [6, 6.07) is 7.31. The fourth-order valence-corrected chi connectivity index (χ4v) is 2.10. The Morgan fingerprint density at radius 2 is 2.15 bits per heavy atom. The second kappa shape index (κ2) is 6.18. The number of amides is 1. The van der Waals surface area contributed by atoms with Crippen molar-refractivity contribution in [1.29, 1.82) is 0 Å². The number of carboxylic acid groups (broad SMARTS) is 1. The van der Waals surface area contributed by atoms with Gasteiger partial charge in [-0.1, -0.05) is 31.5 Å². The number of fused-ring (bicyclic) bond motifs is 1. The van der Waals surface area contributed by atoms with E-state index in [1.165, 1.54) is 0 Å². The summed E-state index contributed by atoms with van der Waals surface area (Å²) in [5.74, 6) is -1.81. The maximum atomic E-state index is 12.1. The van der Waals surface area contributed by atoms with Crippen molar-refractivity contribution < 1.29 is 14.7 Å². The number of hydrogen-bond donors (Lipinski definition) is 3. The average Bonchev–Trinajstić information content (AvgIpc) is 2.86. The molecule has 1 atom stereocenters. The lowest BCUT2D eigenvalue weighted by Gasteiger charge is -2.11. The fourth-order valence-electron chi connectivity index (χ4n) is 2.10. The van der Waals surface area contributed by atoms with E-state index in [1.807, 2.05) is 25.1 Å². The monoisotopic (exact) mass is 275 g/mol. The first-order valence-corrected chi connectivity index (χ1v) is 6.57. The van der Waals surface area contributed by atoms with Gasteiger partial charge in [-0.05, 0) is 12.5 Å². The van der Waals surface area contributed by atoms with Crippen LogP contribution in [-0.2, 0) is 4.79 Å². The van der Waals surface area contributed by atoms with E-state index in [0.29, 0.717) is 12.1 Å². The van der Waals surface area contributed by atoms with E-state index in [1.54, 1.807) is 6.07 Å². The normalized spacial score (nSPS) is 12.2. The first kappa shape index (κ1) is 14.0. The predicted molar refractivity (Wildman–Crippen MR) is 74.5 cm³/mol. The van der Waals surface area contributed by atoms with Crippen LogP contribution in [0.3, 0.4) is 0 Å². The Labute approximate surface area is 116 Å². The Hall–Kier alpha value is -2.37. The number of hydrogen-bond acceptors (Lipinski definition) is 3. The molecule has 6 nitrogen and oxygen atoms in total. The van der Waals surface area contributed by atoms with Gasteiger partial charge >= 0.3 is 5.97 Å². The molecule has 0 aliphatic carbocycles. The fraction of sp³-hybridized carbons (Fsp3) is 0.357. The minimum Gasteiger partial charge on any atom is -0.481 e. The molecule has 6 heteroatoms. The summed E-state index contributed by atoms with van der Waals surface area (Å²) in [4.78, 5) is 23.1. The van der Waals surface area contributed by atoms with Gasteiger partial charge in [-0.2, -0.15) is 5.10 Å². The maximum absolute atomic E-state index is 12.1. The lowest BCUT2D eigenvalue weighted by atomic mass is 10.0. The third-order valence-electron chi connectivity index (χ3n) is 3.18. The number of nitrogens with zero attached hydrogens (tertiary/aromatic N) is 1. The number of aromatic nitrogens is 2. The second-order valence-corrected chi connectivity index (χ2v) is 4.65. The number of para-hydroxylation sites is 1. The number of H-pyrrole nitrogens is 1. The maximum Gasteiger partial charge on any atom is 0.308 e. The molecule has 0 fully saturated rings. The Morgan fingerprint density at radius 3 is 2.85 bits per heavy atom. The molecule has 0 aliphatic heterocycles. The van der Waals surface area contributed by atoms with Crippen molar-refractivity contribution >= 4 is 22.8 Å². The van der Waals surface area contributed by atoms with Crippen LogP contribution in [0, 0.1) is 5.92 Å². The van der Waals surface area contributed by atoms with E-state index < -0.39 is 11.9 Å². The van der Waals surface area contributed by atoms with Crippen LogP contribution in [0.2, 0.25) is 0 Å². The van der Waals surface area contributed by atoms with E-state index >= 15 is 0 Å². The molecule has 2 aromatic rings. The third kappa shape index (κ3) is 2.96. The van der Waals surface area contributed by atoms with Crippen LogP contribution >= 0.6 is 0 Å². The number of carbonyl (C=O) groups excluding carboxylic acids is 1. The highest BCUT2D eigenvalue weighted by Gasteiger charge is 2.19. The molecule has 0 radical (unpaired) electrons. The highest BCUT2D eigenvalue weighted by molar-refractivity contribution is 6.04. The molecule has 1 unspecified atom stereocenters. The van der Waals surface area contributed by atoms with Gasteiger partial charge in [0, 0.05) is 11.9 Å². The zero-order valence-electron chi connectivity index (χ0n) is 11.2. The SMILES string of the molecule is CCCC(CNC(=O)c1n[nH]c2ccccc12)C(=O)O. The molecule has 2 rings (SSSR count). The van der Waals surface area contributed by atoms with Crippen LogP contribution in [0.5, 0.6) is 0 Å². The van der Waals surface area contributed by atoms with Crippen LogP contribution in [0.25, 0.3) is 10.9 Å². The Bertz CT molecular complexity index is 621. The van der Waals surface area contributed by atoms with Crippen molar-refractivity contribution in [3.63, 3.8) is 0 Å². The van der Waals surface area contributed by atoms with Gasteiger partial charge in [-0.3, -0.25) is 14.7 Å².